The lowest BCUT2D eigenvalue weighted by molar-refractivity contribution is 0.0950. The van der Waals surface area contributed by atoms with Gasteiger partial charge in [-0.25, -0.2) is 0 Å². The van der Waals surface area contributed by atoms with Gasteiger partial charge in [0.25, 0.3) is 5.91 Å². The van der Waals surface area contributed by atoms with Crippen molar-refractivity contribution in [3.8, 4) is 0 Å². The number of benzene rings is 3. The summed E-state index contributed by atoms with van der Waals surface area (Å²) in [5.74, 6) is -0.0167. The van der Waals surface area contributed by atoms with Crippen LogP contribution >= 0.6 is 0 Å². The van der Waals surface area contributed by atoms with Crippen LogP contribution in [0.3, 0.4) is 0 Å². The van der Waals surface area contributed by atoms with Crippen molar-refractivity contribution in [1.29, 1.82) is 0 Å². The zero-order valence-electron chi connectivity index (χ0n) is 22.0. The number of hydrogen-bond donors (Lipinski definition) is 1. The highest BCUT2D eigenvalue weighted by Gasteiger charge is 2.17. The second-order valence-corrected chi connectivity index (χ2v) is 9.85. The number of aryl methyl sites for hydroxylation is 2. The van der Waals surface area contributed by atoms with E-state index in [2.05, 4.69) is 94.8 Å². The number of nitrogens with one attached hydrogen (secondary N) is 1. The number of amides is 1. The molecule has 36 heavy (non-hydrogen) atoms. The summed E-state index contributed by atoms with van der Waals surface area (Å²) in [5, 5.41) is 3.09. The Labute approximate surface area is 216 Å². The van der Waals surface area contributed by atoms with Crippen LogP contribution in [0.5, 0.6) is 0 Å². The Hall–Kier alpha value is -3.57. The number of piperazine rings is 1. The molecular formula is C31H38N4O. The summed E-state index contributed by atoms with van der Waals surface area (Å²) < 4.78 is 0. The lowest BCUT2D eigenvalue weighted by atomic mass is 10.0. The molecule has 0 spiro atoms. The van der Waals surface area contributed by atoms with Gasteiger partial charge < -0.3 is 15.1 Å². The average molecular weight is 483 g/mol. The van der Waals surface area contributed by atoms with E-state index in [0.717, 1.165) is 55.0 Å². The molecule has 5 heteroatoms. The highest BCUT2D eigenvalue weighted by Crippen LogP contribution is 2.19. The van der Waals surface area contributed by atoms with Gasteiger partial charge in [0.15, 0.2) is 0 Å². The Morgan fingerprint density at radius 1 is 0.944 bits per heavy atom. The molecule has 3 aromatic rings. The van der Waals surface area contributed by atoms with E-state index < -0.39 is 0 Å². The van der Waals surface area contributed by atoms with Crippen LogP contribution in [0.15, 0.2) is 72.8 Å². The fourth-order valence-electron chi connectivity index (χ4n) is 4.53. The molecule has 1 N–H and O–H groups in total. The third-order valence-electron chi connectivity index (χ3n) is 6.82. The Bertz CT molecular complexity index is 1190. The maximum Gasteiger partial charge on any atom is 0.251 e. The minimum absolute atomic E-state index is 0.0167. The van der Waals surface area contributed by atoms with Crippen molar-refractivity contribution >= 4 is 23.4 Å². The van der Waals surface area contributed by atoms with Crippen LogP contribution in [0, 0.1) is 13.8 Å². The number of nitrogens with zero attached hydrogens (tertiary/aromatic N) is 3. The number of hydrogen-bond acceptors (Lipinski definition) is 4. The summed E-state index contributed by atoms with van der Waals surface area (Å²) in [6.45, 7) is 9.57. The van der Waals surface area contributed by atoms with Gasteiger partial charge in [-0.3, -0.25) is 9.69 Å². The molecule has 188 valence electrons. The molecule has 0 bridgehead atoms. The molecule has 5 nitrogen and oxygen atoms in total. The molecule has 0 unspecified atom stereocenters. The van der Waals surface area contributed by atoms with Gasteiger partial charge in [0.05, 0.1) is 0 Å². The van der Waals surface area contributed by atoms with E-state index in [9.17, 15) is 4.79 Å². The van der Waals surface area contributed by atoms with Crippen LogP contribution in [0.25, 0.3) is 6.08 Å². The van der Waals surface area contributed by atoms with Gasteiger partial charge in [-0.2, -0.15) is 0 Å². The van der Waals surface area contributed by atoms with Gasteiger partial charge in [-0.15, -0.1) is 0 Å². The first kappa shape index (κ1) is 25.5. The van der Waals surface area contributed by atoms with Crippen molar-refractivity contribution in [1.82, 2.24) is 10.2 Å². The van der Waals surface area contributed by atoms with Gasteiger partial charge in [0.1, 0.15) is 0 Å². The summed E-state index contributed by atoms with van der Waals surface area (Å²) in [6, 6.07) is 23.2. The van der Waals surface area contributed by atoms with E-state index in [1.54, 1.807) is 0 Å². The van der Waals surface area contributed by atoms with E-state index >= 15 is 0 Å². The third kappa shape index (κ3) is 6.76. The number of carbonyl (C=O) groups excluding carboxylic acids is 1. The molecular weight excluding hydrogens is 444 g/mol. The van der Waals surface area contributed by atoms with Crippen LogP contribution in [-0.2, 0) is 6.54 Å². The highest BCUT2D eigenvalue weighted by molar-refractivity contribution is 5.95. The Morgan fingerprint density at radius 3 is 2.42 bits per heavy atom. The Kier molecular flexibility index (Phi) is 8.44. The maximum atomic E-state index is 12.7. The first-order chi connectivity index (χ1) is 17.4. The number of carbonyl (C=O) groups is 1. The summed E-state index contributed by atoms with van der Waals surface area (Å²) >= 11 is 0. The summed E-state index contributed by atoms with van der Waals surface area (Å²) in [5.41, 5.74) is 7.66. The quantitative estimate of drug-likeness (QED) is 0.483. The predicted octanol–water partition coefficient (Wildman–Crippen LogP) is 5.13. The molecule has 0 aliphatic carbocycles. The molecule has 1 amide bonds. The lowest BCUT2D eigenvalue weighted by Crippen LogP contribution is -2.46. The second-order valence-electron chi connectivity index (χ2n) is 9.85. The summed E-state index contributed by atoms with van der Waals surface area (Å²) in [4.78, 5) is 19.8. The first-order valence-corrected chi connectivity index (χ1v) is 12.7. The van der Waals surface area contributed by atoms with Crippen molar-refractivity contribution in [3.05, 3.63) is 101 Å². The van der Waals surface area contributed by atoms with Gasteiger partial charge in [0.2, 0.25) is 0 Å². The predicted molar refractivity (Wildman–Crippen MR) is 152 cm³/mol. The van der Waals surface area contributed by atoms with Gasteiger partial charge in [-0.05, 0) is 60.9 Å². The SMILES string of the molecule is Cc1ccc(C)c(C(=O)NCc2cccc(N3CCN(C/C=C/c4ccc(N(C)C)cc4)CC3)c2)c1. The fraction of sp³-hybridized carbons (Fsp3) is 0.323. The van der Waals surface area contributed by atoms with Crippen molar-refractivity contribution < 1.29 is 4.79 Å². The first-order valence-electron chi connectivity index (χ1n) is 12.7. The van der Waals surface area contributed by atoms with E-state index in [1.807, 2.05) is 32.0 Å². The lowest BCUT2D eigenvalue weighted by Gasteiger charge is -2.35. The Morgan fingerprint density at radius 2 is 1.69 bits per heavy atom. The highest BCUT2D eigenvalue weighted by atomic mass is 16.1. The fourth-order valence-corrected chi connectivity index (χ4v) is 4.53. The van der Waals surface area contributed by atoms with E-state index in [1.165, 1.54) is 16.9 Å². The van der Waals surface area contributed by atoms with Crippen LogP contribution in [0.2, 0.25) is 0 Å². The molecule has 0 atom stereocenters. The van der Waals surface area contributed by atoms with E-state index in [4.69, 9.17) is 0 Å². The standard InChI is InChI=1S/C31H38N4O/c1-24-10-11-25(2)30(21-24)31(36)32-23-27-7-5-9-29(22-27)35-19-17-34(18-20-35)16-6-8-26-12-14-28(15-13-26)33(3)4/h5-15,21-22H,16-20,23H2,1-4H3,(H,32,36)/b8-6+. The largest absolute Gasteiger partial charge is 0.378 e. The monoisotopic (exact) mass is 482 g/mol. The van der Waals surface area contributed by atoms with Gasteiger partial charge in [-0.1, -0.05) is 54.1 Å². The van der Waals surface area contributed by atoms with Crippen molar-refractivity contribution in [3.63, 3.8) is 0 Å². The topological polar surface area (TPSA) is 38.8 Å². The van der Waals surface area contributed by atoms with Crippen molar-refractivity contribution in [2.24, 2.45) is 0 Å². The minimum Gasteiger partial charge on any atom is -0.378 e. The number of rotatable bonds is 8. The zero-order chi connectivity index (χ0) is 25.5. The van der Waals surface area contributed by atoms with Crippen molar-refractivity contribution in [2.45, 2.75) is 20.4 Å². The molecule has 0 aromatic heterocycles. The number of anilines is 2. The van der Waals surface area contributed by atoms with Gasteiger partial charge >= 0.3 is 0 Å². The van der Waals surface area contributed by atoms with E-state index in [0.29, 0.717) is 6.54 Å². The zero-order valence-corrected chi connectivity index (χ0v) is 22.0. The summed E-state index contributed by atoms with van der Waals surface area (Å²) in [7, 11) is 4.12. The molecule has 1 aliphatic rings. The molecule has 1 fully saturated rings. The maximum absolute atomic E-state index is 12.7. The summed E-state index contributed by atoms with van der Waals surface area (Å²) in [6.07, 6.45) is 4.47. The van der Waals surface area contributed by atoms with Crippen LogP contribution in [0.1, 0.15) is 32.6 Å². The van der Waals surface area contributed by atoms with Crippen LogP contribution in [-0.4, -0.2) is 57.6 Å². The third-order valence-corrected chi connectivity index (χ3v) is 6.82. The van der Waals surface area contributed by atoms with Gasteiger partial charge in [0, 0.05) is 70.3 Å². The minimum atomic E-state index is -0.0167. The molecule has 1 heterocycles. The second kappa shape index (κ2) is 11.9. The van der Waals surface area contributed by atoms with Crippen LogP contribution in [0.4, 0.5) is 11.4 Å². The molecule has 1 saturated heterocycles. The Balaban J connectivity index is 1.26. The normalized spacial score (nSPS) is 14.3. The molecule has 4 rings (SSSR count). The molecule has 1 aliphatic heterocycles. The van der Waals surface area contributed by atoms with Crippen LogP contribution < -0.4 is 15.1 Å². The molecule has 3 aromatic carbocycles. The van der Waals surface area contributed by atoms with Crippen molar-refractivity contribution in [2.75, 3.05) is 56.6 Å². The molecule has 0 saturated carbocycles. The van der Waals surface area contributed by atoms with E-state index in [-0.39, 0.29) is 5.91 Å². The molecule has 0 radical (unpaired) electrons. The average Bonchev–Trinajstić information content (AvgIpc) is 2.89. The smallest absolute Gasteiger partial charge is 0.251 e.